The molecule has 0 spiro atoms. The largest absolute Gasteiger partial charge is 0.481 e. The predicted molar refractivity (Wildman–Crippen MR) is 99.8 cm³/mol. The summed E-state index contributed by atoms with van der Waals surface area (Å²) in [6, 6.07) is 0. The van der Waals surface area contributed by atoms with E-state index < -0.39 is 29.8 Å². The number of ether oxygens (including phenoxy) is 1. The summed E-state index contributed by atoms with van der Waals surface area (Å²) in [5, 5.41) is 12.8. The molecule has 0 saturated carbocycles. The molecule has 4 rings (SSSR count). The molecule has 1 aromatic heterocycles. The van der Waals surface area contributed by atoms with E-state index in [0.29, 0.717) is 29.3 Å². The van der Waals surface area contributed by atoms with Gasteiger partial charge in [0.25, 0.3) is 5.91 Å². The average molecular weight is 392 g/mol. The Morgan fingerprint density at radius 2 is 1.93 bits per heavy atom. The van der Waals surface area contributed by atoms with E-state index in [1.165, 1.54) is 11.3 Å². The molecule has 2 aliphatic heterocycles. The summed E-state index contributed by atoms with van der Waals surface area (Å²) in [5.41, 5.74) is 6.96. The van der Waals surface area contributed by atoms with E-state index >= 15 is 0 Å². The third-order valence-corrected chi connectivity index (χ3v) is 7.46. The van der Waals surface area contributed by atoms with Gasteiger partial charge >= 0.3 is 5.97 Å². The topological polar surface area (TPSA) is 119 Å². The van der Waals surface area contributed by atoms with Crippen LogP contribution in [0.25, 0.3) is 0 Å². The molecule has 146 valence electrons. The zero-order chi connectivity index (χ0) is 19.3. The van der Waals surface area contributed by atoms with Crippen molar-refractivity contribution in [2.45, 2.75) is 57.7 Å². The standard InChI is InChI=1S/C19H24N2O5S/c1-2-8-3-4-9-12(7-8)27-18(13(9)16(20)22)21-17(23)14-10-5-6-11(26-10)15(14)19(24)25/h8,10-11,14-15H,2-7H2,1H3,(H2,20,22)(H,21,23)(H,24,25)/t8-,10-,11-,14-,15-/m1/s1. The van der Waals surface area contributed by atoms with E-state index in [2.05, 4.69) is 12.2 Å². The maximum atomic E-state index is 12.9. The van der Waals surface area contributed by atoms with Gasteiger partial charge < -0.3 is 20.9 Å². The van der Waals surface area contributed by atoms with Crippen LogP contribution in [0.3, 0.4) is 0 Å². The smallest absolute Gasteiger partial charge is 0.310 e. The predicted octanol–water partition coefficient (Wildman–Crippen LogP) is 2.18. The lowest BCUT2D eigenvalue weighted by Gasteiger charge is -2.23. The second-order valence-corrected chi connectivity index (χ2v) is 8.86. The van der Waals surface area contributed by atoms with E-state index in [-0.39, 0.29) is 12.0 Å². The number of primary amides is 1. The van der Waals surface area contributed by atoms with E-state index in [4.69, 9.17) is 10.5 Å². The number of amides is 2. The van der Waals surface area contributed by atoms with Crippen molar-refractivity contribution in [2.75, 3.05) is 5.32 Å². The SMILES string of the molecule is CC[C@@H]1CCc2c(sc(NC(=O)[C@H]3[C@H](C(=O)O)[C@H]4CC[C@H]3O4)c2C(N)=O)C1. The zero-order valence-electron chi connectivity index (χ0n) is 15.2. The van der Waals surface area contributed by atoms with Crippen LogP contribution in [0.15, 0.2) is 0 Å². The van der Waals surface area contributed by atoms with Crippen molar-refractivity contribution in [2.24, 2.45) is 23.5 Å². The van der Waals surface area contributed by atoms with Gasteiger partial charge in [0.2, 0.25) is 5.91 Å². The first-order chi connectivity index (χ1) is 12.9. The van der Waals surface area contributed by atoms with Gasteiger partial charge in [-0.2, -0.15) is 0 Å². The Hall–Kier alpha value is -1.93. The van der Waals surface area contributed by atoms with Gasteiger partial charge in [0.1, 0.15) is 5.00 Å². The minimum absolute atomic E-state index is 0.368. The van der Waals surface area contributed by atoms with Crippen molar-refractivity contribution in [3.8, 4) is 0 Å². The summed E-state index contributed by atoms with van der Waals surface area (Å²) in [6.07, 6.45) is 4.35. The van der Waals surface area contributed by atoms with Gasteiger partial charge in [0.15, 0.2) is 0 Å². The molecule has 2 saturated heterocycles. The monoisotopic (exact) mass is 392 g/mol. The van der Waals surface area contributed by atoms with Crippen LogP contribution >= 0.6 is 11.3 Å². The number of rotatable bonds is 5. The normalized spacial score (nSPS) is 31.5. The number of carbonyl (C=O) groups excluding carboxylic acids is 2. The summed E-state index contributed by atoms with van der Waals surface area (Å²) < 4.78 is 5.68. The van der Waals surface area contributed by atoms with Crippen molar-refractivity contribution < 1.29 is 24.2 Å². The van der Waals surface area contributed by atoms with Crippen LogP contribution in [0.1, 0.15) is 53.4 Å². The molecule has 2 bridgehead atoms. The minimum atomic E-state index is -1.01. The van der Waals surface area contributed by atoms with Crippen LogP contribution in [-0.4, -0.2) is 35.1 Å². The van der Waals surface area contributed by atoms with Crippen molar-refractivity contribution in [3.05, 3.63) is 16.0 Å². The Balaban J connectivity index is 1.61. The molecule has 7 nitrogen and oxygen atoms in total. The fraction of sp³-hybridized carbons (Fsp3) is 0.632. The Kier molecular flexibility index (Phi) is 4.71. The van der Waals surface area contributed by atoms with Gasteiger partial charge in [-0.25, -0.2) is 0 Å². The number of fused-ring (bicyclic) bond motifs is 3. The Morgan fingerprint density at radius 3 is 2.56 bits per heavy atom. The lowest BCUT2D eigenvalue weighted by molar-refractivity contribution is -0.147. The van der Waals surface area contributed by atoms with Gasteiger partial charge in [-0.1, -0.05) is 13.3 Å². The molecular formula is C19H24N2O5S. The molecule has 1 aliphatic carbocycles. The van der Waals surface area contributed by atoms with Crippen molar-refractivity contribution in [1.82, 2.24) is 0 Å². The fourth-order valence-electron chi connectivity index (χ4n) is 4.87. The Labute approximate surface area is 161 Å². The van der Waals surface area contributed by atoms with Crippen molar-refractivity contribution in [1.29, 1.82) is 0 Å². The lowest BCUT2D eigenvalue weighted by Crippen LogP contribution is -2.41. The molecule has 0 unspecified atom stereocenters. The maximum absolute atomic E-state index is 12.9. The highest BCUT2D eigenvalue weighted by Gasteiger charge is 2.55. The second kappa shape index (κ2) is 6.91. The zero-order valence-corrected chi connectivity index (χ0v) is 16.0. The number of aliphatic carboxylic acids is 1. The highest BCUT2D eigenvalue weighted by molar-refractivity contribution is 7.17. The number of carboxylic acid groups (broad SMARTS) is 1. The lowest BCUT2D eigenvalue weighted by atomic mass is 9.78. The summed E-state index contributed by atoms with van der Waals surface area (Å²) >= 11 is 1.41. The van der Waals surface area contributed by atoms with Crippen LogP contribution in [-0.2, 0) is 27.2 Å². The number of carbonyl (C=O) groups is 3. The molecule has 3 aliphatic rings. The number of anilines is 1. The molecule has 5 atom stereocenters. The first-order valence-corrected chi connectivity index (χ1v) is 10.4. The number of carboxylic acids is 1. The van der Waals surface area contributed by atoms with Gasteiger partial charge in [0, 0.05) is 4.88 Å². The molecule has 3 heterocycles. The molecular weight excluding hydrogens is 368 g/mol. The van der Waals surface area contributed by atoms with E-state index in [1.807, 2.05) is 0 Å². The minimum Gasteiger partial charge on any atom is -0.481 e. The quantitative estimate of drug-likeness (QED) is 0.710. The molecule has 1 aromatic rings. The van der Waals surface area contributed by atoms with Gasteiger partial charge in [-0.05, 0) is 43.6 Å². The first-order valence-electron chi connectivity index (χ1n) is 9.54. The highest BCUT2D eigenvalue weighted by Crippen LogP contribution is 2.45. The Morgan fingerprint density at radius 1 is 1.22 bits per heavy atom. The van der Waals surface area contributed by atoms with Gasteiger partial charge in [-0.3, -0.25) is 14.4 Å². The molecule has 0 aromatic carbocycles. The molecule has 0 radical (unpaired) electrons. The third kappa shape index (κ3) is 3.04. The van der Waals surface area contributed by atoms with Crippen LogP contribution in [0.4, 0.5) is 5.00 Å². The van der Waals surface area contributed by atoms with E-state index in [0.717, 1.165) is 36.1 Å². The molecule has 27 heavy (non-hydrogen) atoms. The molecule has 8 heteroatoms. The van der Waals surface area contributed by atoms with Crippen molar-refractivity contribution in [3.63, 3.8) is 0 Å². The van der Waals surface area contributed by atoms with Crippen LogP contribution in [0.2, 0.25) is 0 Å². The van der Waals surface area contributed by atoms with Gasteiger partial charge in [0.05, 0.1) is 29.6 Å². The summed E-state index contributed by atoms with van der Waals surface area (Å²) in [6.45, 7) is 2.15. The van der Waals surface area contributed by atoms with Crippen LogP contribution in [0.5, 0.6) is 0 Å². The van der Waals surface area contributed by atoms with Crippen LogP contribution in [0, 0.1) is 17.8 Å². The number of nitrogens with two attached hydrogens (primary N) is 1. The first kappa shape index (κ1) is 18.4. The molecule has 4 N–H and O–H groups in total. The number of hydrogen-bond donors (Lipinski definition) is 3. The van der Waals surface area contributed by atoms with Crippen molar-refractivity contribution >= 4 is 34.1 Å². The maximum Gasteiger partial charge on any atom is 0.310 e. The van der Waals surface area contributed by atoms with Gasteiger partial charge in [-0.15, -0.1) is 11.3 Å². The van der Waals surface area contributed by atoms with E-state index in [9.17, 15) is 19.5 Å². The second-order valence-electron chi connectivity index (χ2n) is 7.76. The average Bonchev–Trinajstić information content (AvgIpc) is 3.32. The summed E-state index contributed by atoms with van der Waals surface area (Å²) in [5.74, 6) is -2.92. The van der Waals surface area contributed by atoms with Crippen LogP contribution < -0.4 is 11.1 Å². The number of nitrogens with one attached hydrogen (secondary N) is 1. The molecule has 2 fully saturated rings. The molecule has 2 amide bonds. The van der Waals surface area contributed by atoms with E-state index in [1.54, 1.807) is 0 Å². The third-order valence-electron chi connectivity index (χ3n) is 6.29. The summed E-state index contributed by atoms with van der Waals surface area (Å²) in [4.78, 5) is 37.7. The summed E-state index contributed by atoms with van der Waals surface area (Å²) in [7, 11) is 0. The fourth-order valence-corrected chi connectivity index (χ4v) is 6.24. The Bertz CT molecular complexity index is 804. The highest BCUT2D eigenvalue weighted by atomic mass is 32.1. The number of hydrogen-bond acceptors (Lipinski definition) is 5. The number of thiophene rings is 1.